The van der Waals surface area contributed by atoms with Gasteiger partial charge in [0.15, 0.2) is 0 Å². The van der Waals surface area contributed by atoms with E-state index in [9.17, 15) is 9.59 Å². The largest absolute Gasteiger partial charge is 0.457 e. The molecule has 0 aliphatic carbocycles. The first-order valence-electron chi connectivity index (χ1n) is 9.73. The van der Waals surface area contributed by atoms with Crippen LogP contribution in [0.3, 0.4) is 0 Å². The number of ether oxygens (including phenoxy) is 1. The molecule has 3 aromatic rings. The Morgan fingerprint density at radius 3 is 2.37 bits per heavy atom. The molecule has 2 aromatic carbocycles. The van der Waals surface area contributed by atoms with Gasteiger partial charge in [0.2, 0.25) is 5.91 Å². The molecule has 5 rings (SSSR count). The number of rotatable bonds is 4. The Kier molecular flexibility index (Phi) is 4.02. The number of aromatic nitrogens is 2. The summed E-state index contributed by atoms with van der Waals surface area (Å²) >= 11 is 0. The van der Waals surface area contributed by atoms with Crippen molar-refractivity contribution < 1.29 is 14.3 Å². The third kappa shape index (κ3) is 2.80. The topological polar surface area (TPSA) is 102 Å². The van der Waals surface area contributed by atoms with E-state index in [4.69, 9.17) is 15.6 Å². The van der Waals surface area contributed by atoms with Crippen LogP contribution in [0.4, 0.5) is 5.82 Å². The van der Waals surface area contributed by atoms with Crippen LogP contribution in [0.15, 0.2) is 54.6 Å². The lowest BCUT2D eigenvalue weighted by atomic mass is 9.91. The minimum Gasteiger partial charge on any atom is -0.457 e. The zero-order valence-corrected chi connectivity index (χ0v) is 16.5. The van der Waals surface area contributed by atoms with Gasteiger partial charge in [0.1, 0.15) is 34.1 Å². The number of nitrogens with two attached hydrogens (primary N) is 1. The fourth-order valence-corrected chi connectivity index (χ4v) is 4.12. The molecule has 8 heteroatoms. The monoisotopic (exact) mass is 403 g/mol. The molecule has 152 valence electrons. The van der Waals surface area contributed by atoms with E-state index in [2.05, 4.69) is 5.32 Å². The van der Waals surface area contributed by atoms with E-state index in [1.54, 1.807) is 11.8 Å². The van der Waals surface area contributed by atoms with E-state index in [1.165, 1.54) is 0 Å². The van der Waals surface area contributed by atoms with Crippen LogP contribution in [0.5, 0.6) is 11.5 Å². The van der Waals surface area contributed by atoms with Crippen LogP contribution in [0.25, 0.3) is 11.3 Å². The Balaban J connectivity index is 1.47. The van der Waals surface area contributed by atoms with Crippen molar-refractivity contribution >= 4 is 17.6 Å². The van der Waals surface area contributed by atoms with Gasteiger partial charge in [-0.3, -0.25) is 9.59 Å². The third-order valence-corrected chi connectivity index (χ3v) is 5.69. The first-order valence-corrected chi connectivity index (χ1v) is 9.73. The van der Waals surface area contributed by atoms with E-state index in [1.807, 2.05) is 59.3 Å². The Bertz CT molecular complexity index is 1130. The molecule has 1 saturated heterocycles. The summed E-state index contributed by atoms with van der Waals surface area (Å²) in [4.78, 5) is 25.6. The zero-order chi connectivity index (χ0) is 20.9. The van der Waals surface area contributed by atoms with Crippen molar-refractivity contribution in [3.63, 3.8) is 0 Å². The average molecular weight is 403 g/mol. The number of carbonyl (C=O) groups is 2. The van der Waals surface area contributed by atoms with Crippen molar-refractivity contribution in [1.82, 2.24) is 14.7 Å². The summed E-state index contributed by atoms with van der Waals surface area (Å²) in [6, 6.07) is 16.9. The molecular weight excluding hydrogens is 382 g/mol. The SMILES string of the molecule is CC(=O)N1CC2(CNc3c(C(N)=O)c(-c4ccc(Oc5ccccc5)cc4)nn32)C1. The fourth-order valence-electron chi connectivity index (χ4n) is 4.12. The van der Waals surface area contributed by atoms with Crippen molar-refractivity contribution in [1.29, 1.82) is 0 Å². The Morgan fingerprint density at radius 2 is 1.73 bits per heavy atom. The van der Waals surface area contributed by atoms with Gasteiger partial charge in [0, 0.05) is 32.1 Å². The summed E-state index contributed by atoms with van der Waals surface area (Å²) < 4.78 is 7.66. The number of anilines is 1. The van der Waals surface area contributed by atoms with Crippen LogP contribution in [-0.4, -0.2) is 46.1 Å². The molecule has 1 aromatic heterocycles. The summed E-state index contributed by atoms with van der Waals surface area (Å²) in [6.45, 7) is 3.29. The molecule has 0 bridgehead atoms. The van der Waals surface area contributed by atoms with Gasteiger partial charge in [-0.15, -0.1) is 0 Å². The van der Waals surface area contributed by atoms with Crippen LogP contribution >= 0.6 is 0 Å². The van der Waals surface area contributed by atoms with Crippen LogP contribution in [0.2, 0.25) is 0 Å². The smallest absolute Gasteiger partial charge is 0.254 e. The molecule has 3 N–H and O–H groups in total. The average Bonchev–Trinajstić information content (AvgIpc) is 3.25. The summed E-state index contributed by atoms with van der Waals surface area (Å²) in [5.74, 6) is 1.54. The molecule has 2 aliphatic heterocycles. The molecule has 1 spiro atoms. The van der Waals surface area contributed by atoms with E-state index in [-0.39, 0.29) is 11.4 Å². The van der Waals surface area contributed by atoms with E-state index < -0.39 is 5.91 Å². The van der Waals surface area contributed by atoms with Crippen molar-refractivity contribution in [2.24, 2.45) is 5.73 Å². The highest BCUT2D eigenvalue weighted by molar-refractivity contribution is 6.04. The van der Waals surface area contributed by atoms with Crippen LogP contribution in [-0.2, 0) is 10.3 Å². The quantitative estimate of drug-likeness (QED) is 0.697. The van der Waals surface area contributed by atoms with Crippen molar-refractivity contribution in [2.45, 2.75) is 12.5 Å². The molecule has 0 radical (unpaired) electrons. The van der Waals surface area contributed by atoms with Crippen LogP contribution in [0, 0.1) is 0 Å². The van der Waals surface area contributed by atoms with Crippen LogP contribution in [0.1, 0.15) is 17.3 Å². The van der Waals surface area contributed by atoms with Gasteiger partial charge in [0.25, 0.3) is 5.91 Å². The fraction of sp³-hybridized carbons (Fsp3) is 0.227. The third-order valence-electron chi connectivity index (χ3n) is 5.69. The molecule has 2 amide bonds. The maximum absolute atomic E-state index is 12.3. The molecule has 8 nitrogen and oxygen atoms in total. The maximum Gasteiger partial charge on any atom is 0.254 e. The van der Waals surface area contributed by atoms with Gasteiger partial charge in [-0.25, -0.2) is 4.68 Å². The van der Waals surface area contributed by atoms with Gasteiger partial charge in [-0.2, -0.15) is 5.10 Å². The number of hydrogen-bond donors (Lipinski definition) is 2. The van der Waals surface area contributed by atoms with Crippen molar-refractivity contribution in [2.75, 3.05) is 25.0 Å². The summed E-state index contributed by atoms with van der Waals surface area (Å²) in [5, 5.41) is 8.01. The number of carbonyl (C=O) groups excluding carboxylic acids is 2. The summed E-state index contributed by atoms with van der Waals surface area (Å²) in [7, 11) is 0. The number of fused-ring (bicyclic) bond motifs is 2. The number of benzene rings is 2. The van der Waals surface area contributed by atoms with E-state index in [0.29, 0.717) is 42.5 Å². The Labute approximate surface area is 173 Å². The number of amides is 2. The number of hydrogen-bond acceptors (Lipinski definition) is 5. The molecular formula is C22H21N5O3. The lowest BCUT2D eigenvalue weighted by Crippen LogP contribution is -2.64. The predicted octanol–water partition coefficient (Wildman–Crippen LogP) is 2.42. The first-order chi connectivity index (χ1) is 14.5. The minimum atomic E-state index is -0.539. The standard InChI is InChI=1S/C22H21N5O3/c1-14(28)26-12-22(13-26)11-24-21-18(20(23)29)19(25-27(21)22)15-7-9-17(10-8-15)30-16-5-3-2-4-6-16/h2-10,24H,11-13H2,1H3,(H2,23,29). The van der Waals surface area contributed by atoms with E-state index in [0.717, 1.165) is 11.3 Å². The highest BCUT2D eigenvalue weighted by Gasteiger charge is 2.52. The maximum atomic E-state index is 12.3. The predicted molar refractivity (Wildman–Crippen MR) is 111 cm³/mol. The number of para-hydroxylation sites is 1. The summed E-state index contributed by atoms with van der Waals surface area (Å²) in [6.07, 6.45) is 0. The molecule has 1 fully saturated rings. The Hall–Kier alpha value is -3.81. The van der Waals surface area contributed by atoms with Gasteiger partial charge in [-0.05, 0) is 36.4 Å². The molecule has 2 aliphatic rings. The van der Waals surface area contributed by atoms with E-state index >= 15 is 0 Å². The molecule has 0 unspecified atom stereocenters. The van der Waals surface area contributed by atoms with Gasteiger partial charge >= 0.3 is 0 Å². The second-order valence-corrected chi connectivity index (χ2v) is 7.74. The number of nitrogens with zero attached hydrogens (tertiary/aromatic N) is 3. The zero-order valence-electron chi connectivity index (χ0n) is 16.5. The second-order valence-electron chi connectivity index (χ2n) is 7.74. The minimum absolute atomic E-state index is 0.0329. The van der Waals surface area contributed by atoms with Crippen molar-refractivity contribution in [3.05, 3.63) is 60.2 Å². The van der Waals surface area contributed by atoms with Gasteiger partial charge in [-0.1, -0.05) is 18.2 Å². The van der Waals surface area contributed by atoms with Gasteiger partial charge in [0.05, 0.1) is 0 Å². The first kappa shape index (κ1) is 18.2. The highest BCUT2D eigenvalue weighted by Crippen LogP contribution is 2.41. The molecule has 0 atom stereocenters. The lowest BCUT2D eigenvalue weighted by Gasteiger charge is -2.47. The number of primary amides is 1. The normalized spacial score (nSPS) is 16.0. The molecule has 30 heavy (non-hydrogen) atoms. The molecule has 0 saturated carbocycles. The lowest BCUT2D eigenvalue weighted by molar-refractivity contribution is -0.138. The number of nitrogens with one attached hydrogen (secondary N) is 1. The summed E-state index contributed by atoms with van der Waals surface area (Å²) in [5.41, 5.74) is 7.03. The van der Waals surface area contributed by atoms with Gasteiger partial charge < -0.3 is 20.7 Å². The van der Waals surface area contributed by atoms with Crippen LogP contribution < -0.4 is 15.8 Å². The highest BCUT2D eigenvalue weighted by atomic mass is 16.5. The Morgan fingerprint density at radius 1 is 1.07 bits per heavy atom. The van der Waals surface area contributed by atoms with Crippen molar-refractivity contribution in [3.8, 4) is 22.8 Å². The second kappa shape index (κ2) is 6.62. The molecule has 3 heterocycles. The number of likely N-dealkylation sites (tertiary alicyclic amines) is 1.